The van der Waals surface area contributed by atoms with Gasteiger partial charge in [-0.25, -0.2) is 13.7 Å². The molecular formula is C24H18F2N2O2. The maximum Gasteiger partial charge on any atom is 0.282 e. The maximum atomic E-state index is 13.7. The number of hydrogen-bond acceptors (Lipinski definition) is 3. The maximum absolute atomic E-state index is 13.7. The second kappa shape index (κ2) is 7.55. The van der Waals surface area contributed by atoms with E-state index in [1.807, 2.05) is 19.9 Å². The molecule has 2 amide bonds. The van der Waals surface area contributed by atoms with E-state index in [1.54, 1.807) is 42.5 Å². The van der Waals surface area contributed by atoms with E-state index in [9.17, 15) is 18.4 Å². The average Bonchev–Trinajstić information content (AvgIpc) is 2.94. The zero-order valence-corrected chi connectivity index (χ0v) is 16.4. The van der Waals surface area contributed by atoms with Gasteiger partial charge in [0, 0.05) is 11.8 Å². The molecule has 0 saturated heterocycles. The van der Waals surface area contributed by atoms with Crippen molar-refractivity contribution in [2.24, 2.45) is 0 Å². The van der Waals surface area contributed by atoms with Gasteiger partial charge in [-0.2, -0.15) is 0 Å². The lowest BCUT2D eigenvalue weighted by molar-refractivity contribution is -0.120. The van der Waals surface area contributed by atoms with Gasteiger partial charge >= 0.3 is 0 Å². The van der Waals surface area contributed by atoms with Crippen LogP contribution in [0.4, 0.5) is 20.2 Å². The van der Waals surface area contributed by atoms with E-state index in [4.69, 9.17) is 0 Å². The Balaban J connectivity index is 1.83. The van der Waals surface area contributed by atoms with Gasteiger partial charge < -0.3 is 5.32 Å². The number of nitrogens with zero attached hydrogens (tertiary/aromatic N) is 1. The number of amides is 2. The number of hydrogen-bond donors (Lipinski definition) is 1. The largest absolute Gasteiger partial charge is 0.350 e. The highest BCUT2D eigenvalue weighted by molar-refractivity contribution is 6.46. The van der Waals surface area contributed by atoms with Crippen LogP contribution in [0.1, 0.15) is 16.7 Å². The highest BCUT2D eigenvalue weighted by Crippen LogP contribution is 2.34. The minimum Gasteiger partial charge on any atom is -0.350 e. The van der Waals surface area contributed by atoms with Crippen molar-refractivity contribution in [2.75, 3.05) is 10.2 Å². The summed E-state index contributed by atoms with van der Waals surface area (Å²) < 4.78 is 27.0. The first-order valence-electron chi connectivity index (χ1n) is 9.34. The molecule has 0 aromatic heterocycles. The molecule has 0 bridgehead atoms. The topological polar surface area (TPSA) is 49.4 Å². The highest BCUT2D eigenvalue weighted by atomic mass is 19.2. The number of halogens is 2. The summed E-state index contributed by atoms with van der Waals surface area (Å²) in [6.45, 7) is 3.76. The van der Waals surface area contributed by atoms with Crippen LogP contribution in [-0.4, -0.2) is 11.8 Å². The first-order chi connectivity index (χ1) is 14.3. The molecule has 150 valence electrons. The van der Waals surface area contributed by atoms with Gasteiger partial charge in [-0.15, -0.1) is 0 Å². The van der Waals surface area contributed by atoms with Crippen molar-refractivity contribution in [3.63, 3.8) is 0 Å². The van der Waals surface area contributed by atoms with Crippen molar-refractivity contribution in [1.29, 1.82) is 0 Å². The van der Waals surface area contributed by atoms with Crippen LogP contribution in [0.3, 0.4) is 0 Å². The normalized spacial score (nSPS) is 13.9. The fourth-order valence-electron chi connectivity index (χ4n) is 3.55. The van der Waals surface area contributed by atoms with Gasteiger partial charge in [0.05, 0.1) is 11.3 Å². The molecular weight excluding hydrogens is 386 g/mol. The van der Waals surface area contributed by atoms with Gasteiger partial charge in [0.2, 0.25) is 0 Å². The lowest BCUT2D eigenvalue weighted by atomic mass is 10.0. The van der Waals surface area contributed by atoms with Crippen LogP contribution >= 0.6 is 0 Å². The van der Waals surface area contributed by atoms with Crippen molar-refractivity contribution < 1.29 is 18.4 Å². The molecule has 0 aliphatic carbocycles. The van der Waals surface area contributed by atoms with Crippen LogP contribution in [0.25, 0.3) is 5.57 Å². The van der Waals surface area contributed by atoms with Gasteiger partial charge in [0.25, 0.3) is 11.8 Å². The van der Waals surface area contributed by atoms with E-state index in [0.717, 1.165) is 28.2 Å². The Morgan fingerprint density at radius 1 is 0.767 bits per heavy atom. The summed E-state index contributed by atoms with van der Waals surface area (Å²) in [6.07, 6.45) is 0. The van der Waals surface area contributed by atoms with Gasteiger partial charge in [-0.1, -0.05) is 36.4 Å². The number of imide groups is 1. The van der Waals surface area contributed by atoms with E-state index in [2.05, 4.69) is 5.32 Å². The molecule has 3 aromatic rings. The van der Waals surface area contributed by atoms with E-state index in [-0.39, 0.29) is 17.0 Å². The van der Waals surface area contributed by atoms with Crippen LogP contribution in [0, 0.1) is 25.5 Å². The van der Waals surface area contributed by atoms with Crippen LogP contribution in [-0.2, 0) is 9.59 Å². The quantitative estimate of drug-likeness (QED) is 0.624. The molecule has 0 fully saturated rings. The molecule has 6 heteroatoms. The highest BCUT2D eigenvalue weighted by Gasteiger charge is 2.40. The third-order valence-corrected chi connectivity index (χ3v) is 4.80. The first kappa shape index (κ1) is 19.5. The Labute approximate surface area is 172 Å². The molecule has 0 unspecified atom stereocenters. The molecule has 0 saturated carbocycles. The Hall–Kier alpha value is -3.80. The smallest absolute Gasteiger partial charge is 0.282 e. The number of rotatable bonds is 4. The zero-order valence-electron chi connectivity index (χ0n) is 16.4. The Kier molecular flexibility index (Phi) is 4.91. The summed E-state index contributed by atoms with van der Waals surface area (Å²) in [5.74, 6) is -3.09. The minimum atomic E-state index is -1.05. The van der Waals surface area contributed by atoms with Crippen LogP contribution in [0.2, 0.25) is 0 Å². The SMILES string of the molecule is Cc1cc(C)cc(N2C(=O)C(Nc3ccc(F)c(F)c3)=C(c3ccccc3)C2=O)c1. The van der Waals surface area contributed by atoms with Gasteiger partial charge in [0.1, 0.15) is 5.70 Å². The third-order valence-electron chi connectivity index (χ3n) is 4.80. The van der Waals surface area contributed by atoms with Crippen molar-refractivity contribution in [2.45, 2.75) is 13.8 Å². The first-order valence-corrected chi connectivity index (χ1v) is 9.34. The molecule has 1 N–H and O–H groups in total. The number of aryl methyl sites for hydroxylation is 2. The van der Waals surface area contributed by atoms with E-state index >= 15 is 0 Å². The lowest BCUT2D eigenvalue weighted by Gasteiger charge is -2.17. The molecule has 0 radical (unpaired) electrons. The number of carbonyl (C=O) groups is 2. The van der Waals surface area contributed by atoms with E-state index in [0.29, 0.717) is 11.3 Å². The summed E-state index contributed by atoms with van der Waals surface area (Å²) in [7, 11) is 0. The molecule has 1 heterocycles. The second-order valence-corrected chi connectivity index (χ2v) is 7.16. The number of carbonyl (C=O) groups excluding carboxylic acids is 2. The number of benzene rings is 3. The predicted molar refractivity (Wildman–Crippen MR) is 112 cm³/mol. The molecule has 3 aromatic carbocycles. The molecule has 4 nitrogen and oxygen atoms in total. The van der Waals surface area contributed by atoms with Crippen molar-refractivity contribution >= 4 is 28.8 Å². The Bertz CT molecular complexity index is 1180. The second-order valence-electron chi connectivity index (χ2n) is 7.16. The number of anilines is 2. The Morgan fingerprint density at radius 3 is 2.07 bits per heavy atom. The fourth-order valence-corrected chi connectivity index (χ4v) is 3.55. The Morgan fingerprint density at radius 2 is 1.43 bits per heavy atom. The molecule has 1 aliphatic rings. The average molecular weight is 404 g/mol. The molecule has 4 rings (SSSR count). The third kappa shape index (κ3) is 3.48. The standard InChI is InChI=1S/C24H18F2N2O2/c1-14-10-15(2)12-18(11-14)28-23(29)21(16-6-4-3-5-7-16)22(24(28)30)27-17-8-9-19(25)20(26)13-17/h3-13,27H,1-2H3. The molecule has 0 spiro atoms. The van der Waals surface area contributed by atoms with E-state index in [1.165, 1.54) is 6.07 Å². The van der Waals surface area contributed by atoms with Crippen LogP contribution < -0.4 is 10.2 Å². The van der Waals surface area contributed by atoms with Gasteiger partial charge in [-0.3, -0.25) is 9.59 Å². The summed E-state index contributed by atoms with van der Waals surface area (Å²) in [6, 6.07) is 17.4. The predicted octanol–water partition coefficient (Wildman–Crippen LogP) is 4.98. The monoisotopic (exact) mass is 404 g/mol. The summed E-state index contributed by atoms with van der Waals surface area (Å²) in [4.78, 5) is 27.7. The minimum absolute atomic E-state index is 0.0105. The summed E-state index contributed by atoms with van der Waals surface area (Å²) >= 11 is 0. The van der Waals surface area contributed by atoms with Crippen LogP contribution in [0.15, 0.2) is 72.4 Å². The summed E-state index contributed by atoms with van der Waals surface area (Å²) in [5.41, 5.74) is 3.18. The molecule has 0 atom stereocenters. The zero-order chi connectivity index (χ0) is 21.4. The van der Waals surface area contributed by atoms with E-state index < -0.39 is 23.4 Å². The number of nitrogens with one attached hydrogen (secondary N) is 1. The van der Waals surface area contributed by atoms with Crippen molar-refractivity contribution in [1.82, 2.24) is 0 Å². The van der Waals surface area contributed by atoms with Gasteiger partial charge in [-0.05, 0) is 54.8 Å². The fraction of sp³-hybridized carbons (Fsp3) is 0.0833. The summed E-state index contributed by atoms with van der Waals surface area (Å²) in [5, 5.41) is 2.83. The van der Waals surface area contributed by atoms with Crippen molar-refractivity contribution in [3.8, 4) is 0 Å². The lowest BCUT2D eigenvalue weighted by Crippen LogP contribution is -2.32. The van der Waals surface area contributed by atoms with Crippen LogP contribution in [0.5, 0.6) is 0 Å². The molecule has 30 heavy (non-hydrogen) atoms. The van der Waals surface area contributed by atoms with Gasteiger partial charge in [0.15, 0.2) is 11.6 Å². The van der Waals surface area contributed by atoms with Crippen molar-refractivity contribution in [3.05, 3.63) is 101 Å². The molecule has 1 aliphatic heterocycles.